The van der Waals surface area contributed by atoms with Gasteiger partial charge in [0, 0.05) is 22.2 Å². The van der Waals surface area contributed by atoms with Crippen LogP contribution in [0, 0.1) is 3.57 Å². The summed E-state index contributed by atoms with van der Waals surface area (Å²) in [5.74, 6) is -1.72. The van der Waals surface area contributed by atoms with Gasteiger partial charge in [0.05, 0.1) is 4.90 Å². The van der Waals surface area contributed by atoms with Crippen LogP contribution in [-0.4, -0.2) is 49.4 Å². The van der Waals surface area contributed by atoms with Crippen molar-refractivity contribution in [3.05, 3.63) is 63.7 Å². The van der Waals surface area contributed by atoms with Crippen LogP contribution >= 0.6 is 22.6 Å². The molecule has 144 valence electrons. The number of sulfonamides is 1. The molecule has 2 N–H and O–H groups in total. The Morgan fingerprint density at radius 1 is 1.11 bits per heavy atom. The van der Waals surface area contributed by atoms with E-state index >= 15 is 0 Å². The van der Waals surface area contributed by atoms with Gasteiger partial charge in [-0.2, -0.15) is 4.72 Å². The minimum atomic E-state index is -4.04. The van der Waals surface area contributed by atoms with Crippen LogP contribution in [0.2, 0.25) is 0 Å². The van der Waals surface area contributed by atoms with E-state index in [2.05, 4.69) is 4.72 Å². The topological polar surface area (TPSA) is 104 Å². The number of halogens is 1. The molecule has 0 aliphatic rings. The van der Waals surface area contributed by atoms with Crippen LogP contribution in [0.15, 0.2) is 59.5 Å². The van der Waals surface area contributed by atoms with E-state index in [0.29, 0.717) is 5.56 Å². The van der Waals surface area contributed by atoms with Crippen LogP contribution in [0.25, 0.3) is 0 Å². The van der Waals surface area contributed by atoms with Gasteiger partial charge in [0.2, 0.25) is 10.0 Å². The highest BCUT2D eigenvalue weighted by atomic mass is 127. The molecule has 7 nitrogen and oxygen atoms in total. The smallest absolute Gasteiger partial charge is 0.323 e. The molecule has 0 aromatic heterocycles. The van der Waals surface area contributed by atoms with E-state index in [0.717, 1.165) is 3.57 Å². The Bertz CT molecular complexity index is 901. The first-order valence-corrected chi connectivity index (χ1v) is 10.7. The maximum absolute atomic E-state index is 12.6. The van der Waals surface area contributed by atoms with Crippen molar-refractivity contribution in [3.8, 4) is 0 Å². The molecule has 1 unspecified atom stereocenters. The average Bonchev–Trinajstić information content (AvgIpc) is 2.65. The minimum Gasteiger partial charge on any atom is -0.480 e. The zero-order valence-electron chi connectivity index (χ0n) is 14.5. The van der Waals surface area contributed by atoms with E-state index in [4.69, 9.17) is 0 Å². The Morgan fingerprint density at radius 2 is 1.70 bits per heavy atom. The molecule has 2 aromatic rings. The number of hydrogen-bond acceptors (Lipinski definition) is 4. The van der Waals surface area contributed by atoms with Gasteiger partial charge < -0.3 is 10.0 Å². The van der Waals surface area contributed by atoms with Crippen molar-refractivity contribution in [1.29, 1.82) is 0 Å². The highest BCUT2D eigenvalue weighted by molar-refractivity contribution is 14.1. The maximum Gasteiger partial charge on any atom is 0.323 e. The van der Waals surface area contributed by atoms with Gasteiger partial charge in [-0.25, -0.2) is 8.42 Å². The second kappa shape index (κ2) is 9.29. The largest absolute Gasteiger partial charge is 0.480 e. The molecule has 0 saturated heterocycles. The Kier molecular flexibility index (Phi) is 7.33. The standard InChI is InChI=1S/C18H19IN2O5S/c1-2-21(17(22)13-6-4-3-5-7-13)12-16(18(23)24)20-27(25,26)15-10-8-14(19)9-11-15/h3-11,16,20H,2,12H2,1H3,(H,23,24). The first kappa shape index (κ1) is 21.3. The highest BCUT2D eigenvalue weighted by Crippen LogP contribution is 2.13. The Morgan fingerprint density at radius 3 is 2.22 bits per heavy atom. The zero-order chi connectivity index (χ0) is 20.0. The van der Waals surface area contributed by atoms with Crippen LogP contribution in [0.1, 0.15) is 17.3 Å². The first-order valence-electron chi connectivity index (χ1n) is 8.09. The third-order valence-corrected chi connectivity index (χ3v) is 6.02. The number of carbonyl (C=O) groups is 2. The molecule has 0 radical (unpaired) electrons. The summed E-state index contributed by atoms with van der Waals surface area (Å²) in [6.07, 6.45) is 0. The SMILES string of the molecule is CCN(CC(NS(=O)(=O)c1ccc(I)cc1)C(=O)O)C(=O)c1ccccc1. The molecule has 0 aliphatic carbocycles. The molecule has 2 aromatic carbocycles. The van der Waals surface area contributed by atoms with E-state index in [1.165, 1.54) is 17.0 Å². The minimum absolute atomic E-state index is 0.0356. The van der Waals surface area contributed by atoms with E-state index in [9.17, 15) is 23.1 Å². The van der Waals surface area contributed by atoms with E-state index in [1.807, 2.05) is 22.6 Å². The molecule has 0 spiro atoms. The van der Waals surface area contributed by atoms with Crippen LogP contribution in [0.5, 0.6) is 0 Å². The van der Waals surface area contributed by atoms with Gasteiger partial charge in [-0.15, -0.1) is 0 Å². The second-order valence-corrected chi connectivity index (χ2v) is 8.64. The number of nitrogens with one attached hydrogen (secondary N) is 1. The fourth-order valence-corrected chi connectivity index (χ4v) is 3.91. The van der Waals surface area contributed by atoms with Crippen molar-refractivity contribution >= 4 is 44.5 Å². The number of rotatable bonds is 8. The van der Waals surface area contributed by atoms with Crippen molar-refractivity contribution in [2.45, 2.75) is 17.9 Å². The molecular formula is C18H19IN2O5S. The van der Waals surface area contributed by atoms with Crippen LogP contribution in [0.3, 0.4) is 0 Å². The summed E-state index contributed by atoms with van der Waals surface area (Å²) in [5, 5.41) is 9.46. The summed E-state index contributed by atoms with van der Waals surface area (Å²) in [6, 6.07) is 13.0. The molecule has 27 heavy (non-hydrogen) atoms. The summed E-state index contributed by atoms with van der Waals surface area (Å²) in [5.41, 5.74) is 0.406. The number of nitrogens with zero attached hydrogens (tertiary/aromatic N) is 1. The van der Waals surface area contributed by atoms with Crippen molar-refractivity contribution in [2.24, 2.45) is 0 Å². The van der Waals surface area contributed by atoms with Gasteiger partial charge >= 0.3 is 5.97 Å². The fraction of sp³-hybridized carbons (Fsp3) is 0.222. The lowest BCUT2D eigenvalue weighted by Gasteiger charge is -2.25. The molecule has 0 aliphatic heterocycles. The monoisotopic (exact) mass is 502 g/mol. The number of likely N-dealkylation sites (N-methyl/N-ethyl adjacent to an activating group) is 1. The summed E-state index contributed by atoms with van der Waals surface area (Å²) < 4.78 is 28.0. The van der Waals surface area contributed by atoms with E-state index < -0.39 is 22.0 Å². The first-order chi connectivity index (χ1) is 12.7. The van der Waals surface area contributed by atoms with Gasteiger partial charge in [0.1, 0.15) is 6.04 Å². The number of benzene rings is 2. The second-order valence-electron chi connectivity index (χ2n) is 5.68. The van der Waals surface area contributed by atoms with Crippen molar-refractivity contribution < 1.29 is 23.1 Å². The zero-order valence-corrected chi connectivity index (χ0v) is 17.5. The molecule has 2 rings (SSSR count). The van der Waals surface area contributed by atoms with Gasteiger partial charge in [0.15, 0.2) is 0 Å². The molecule has 1 atom stereocenters. The lowest BCUT2D eigenvalue weighted by molar-refractivity contribution is -0.139. The number of hydrogen-bond donors (Lipinski definition) is 2. The number of carbonyl (C=O) groups excluding carboxylic acids is 1. The summed E-state index contributed by atoms with van der Waals surface area (Å²) in [4.78, 5) is 25.4. The molecule has 0 fully saturated rings. The lowest BCUT2D eigenvalue weighted by Crippen LogP contribution is -2.49. The normalized spacial score (nSPS) is 12.4. The molecule has 1 amide bonds. The van der Waals surface area contributed by atoms with Crippen LogP contribution in [-0.2, 0) is 14.8 Å². The quantitative estimate of drug-likeness (QED) is 0.539. The van der Waals surface area contributed by atoms with E-state index in [1.54, 1.807) is 49.4 Å². The van der Waals surface area contributed by atoms with Gasteiger partial charge in [-0.3, -0.25) is 9.59 Å². The fourth-order valence-electron chi connectivity index (χ4n) is 2.37. The number of carboxylic acids is 1. The van der Waals surface area contributed by atoms with Gasteiger partial charge in [0.25, 0.3) is 5.91 Å². The van der Waals surface area contributed by atoms with Crippen molar-refractivity contribution in [1.82, 2.24) is 9.62 Å². The average molecular weight is 502 g/mol. The Labute approximate surface area is 171 Å². The number of amides is 1. The number of aliphatic carboxylic acids is 1. The highest BCUT2D eigenvalue weighted by Gasteiger charge is 2.29. The third-order valence-electron chi connectivity index (χ3n) is 3.81. The Balaban J connectivity index is 2.20. The lowest BCUT2D eigenvalue weighted by atomic mass is 10.2. The summed E-state index contributed by atoms with van der Waals surface area (Å²) >= 11 is 2.04. The van der Waals surface area contributed by atoms with Crippen molar-refractivity contribution in [3.63, 3.8) is 0 Å². The van der Waals surface area contributed by atoms with Crippen molar-refractivity contribution in [2.75, 3.05) is 13.1 Å². The predicted octanol–water partition coefficient (Wildman–Crippen LogP) is 2.19. The molecule has 9 heteroatoms. The number of carboxylic acid groups (broad SMARTS) is 1. The van der Waals surface area contributed by atoms with Gasteiger partial charge in [-0.05, 0) is 65.9 Å². The predicted molar refractivity (Wildman–Crippen MR) is 109 cm³/mol. The summed E-state index contributed by atoms with van der Waals surface area (Å²) in [6.45, 7) is 1.65. The molecule has 0 bridgehead atoms. The van der Waals surface area contributed by atoms with Crippen LogP contribution < -0.4 is 4.72 Å². The van der Waals surface area contributed by atoms with Crippen LogP contribution in [0.4, 0.5) is 0 Å². The molecular weight excluding hydrogens is 483 g/mol. The summed E-state index contributed by atoms with van der Waals surface area (Å²) in [7, 11) is -4.04. The van der Waals surface area contributed by atoms with Gasteiger partial charge in [-0.1, -0.05) is 18.2 Å². The van der Waals surface area contributed by atoms with E-state index in [-0.39, 0.29) is 23.9 Å². The molecule has 0 heterocycles. The maximum atomic E-state index is 12.6. The molecule has 0 saturated carbocycles. The third kappa shape index (κ3) is 5.75. The Hall–Kier alpha value is -1.98.